The smallest absolute Gasteiger partial charge is 0.141 e. The number of hydrogen-bond acceptors (Lipinski definition) is 2. The van der Waals surface area contributed by atoms with Crippen molar-refractivity contribution in [3.8, 4) is 16.9 Å². The second kappa shape index (κ2) is 4.64. The van der Waals surface area contributed by atoms with E-state index in [1.807, 2.05) is 0 Å². The fourth-order valence-corrected chi connectivity index (χ4v) is 1.81. The van der Waals surface area contributed by atoms with Crippen molar-refractivity contribution < 1.29 is 13.5 Å². The fraction of sp³-hybridized carbons (Fsp3) is 0.143. The number of benzene rings is 2. The Labute approximate surface area is 104 Å². The van der Waals surface area contributed by atoms with E-state index >= 15 is 0 Å². The lowest BCUT2D eigenvalue weighted by molar-refractivity contribution is 0.417. The number of nitrogens with two attached hydrogens (primary N) is 1. The Kier molecular flexibility index (Phi) is 3.19. The Hall–Kier alpha value is -2.10. The zero-order valence-corrected chi connectivity index (χ0v) is 10.1. The van der Waals surface area contributed by atoms with Crippen molar-refractivity contribution in [2.45, 2.75) is 6.92 Å². The predicted octanol–water partition coefficient (Wildman–Crippen LogP) is 3.53. The van der Waals surface area contributed by atoms with Gasteiger partial charge in [0.05, 0.1) is 18.4 Å². The standard InChI is InChI=1S/C14H13F2NO/c1-8-3-5-10(15)13(14(8)16)9-4-6-12(18-2)11(17)7-9/h3-7H,17H2,1-2H3. The van der Waals surface area contributed by atoms with Gasteiger partial charge in [-0.25, -0.2) is 8.78 Å². The summed E-state index contributed by atoms with van der Waals surface area (Å²) in [5.74, 6) is -0.700. The van der Waals surface area contributed by atoms with Crippen molar-refractivity contribution in [2.24, 2.45) is 0 Å². The first kappa shape index (κ1) is 12.4. The number of hydrogen-bond donors (Lipinski definition) is 1. The minimum atomic E-state index is -0.609. The lowest BCUT2D eigenvalue weighted by Gasteiger charge is -2.10. The number of nitrogen functional groups attached to an aromatic ring is 1. The largest absolute Gasteiger partial charge is 0.495 e. The number of methoxy groups -OCH3 is 1. The molecule has 2 N–H and O–H groups in total. The maximum Gasteiger partial charge on any atom is 0.141 e. The summed E-state index contributed by atoms with van der Waals surface area (Å²) in [7, 11) is 1.49. The first-order chi connectivity index (χ1) is 8.54. The molecule has 0 fully saturated rings. The molecule has 0 saturated carbocycles. The highest BCUT2D eigenvalue weighted by Gasteiger charge is 2.14. The van der Waals surface area contributed by atoms with Crippen molar-refractivity contribution in [1.82, 2.24) is 0 Å². The summed E-state index contributed by atoms with van der Waals surface area (Å²) in [6, 6.07) is 7.32. The van der Waals surface area contributed by atoms with Crippen LogP contribution in [0.15, 0.2) is 30.3 Å². The summed E-state index contributed by atoms with van der Waals surface area (Å²) in [6.07, 6.45) is 0. The van der Waals surface area contributed by atoms with Crippen LogP contribution >= 0.6 is 0 Å². The third-order valence-corrected chi connectivity index (χ3v) is 2.80. The molecule has 2 nitrogen and oxygen atoms in total. The summed E-state index contributed by atoms with van der Waals surface area (Å²) < 4.78 is 32.7. The van der Waals surface area contributed by atoms with Gasteiger partial charge in [-0.05, 0) is 36.2 Å². The molecule has 0 aliphatic carbocycles. The van der Waals surface area contributed by atoms with Crippen molar-refractivity contribution in [3.63, 3.8) is 0 Å². The normalized spacial score (nSPS) is 10.4. The first-order valence-electron chi connectivity index (χ1n) is 5.43. The number of halogens is 2. The van der Waals surface area contributed by atoms with Crippen LogP contribution in [-0.4, -0.2) is 7.11 Å². The summed E-state index contributed by atoms with van der Waals surface area (Å²) in [5.41, 5.74) is 6.80. The minimum absolute atomic E-state index is 0.0654. The van der Waals surface area contributed by atoms with Gasteiger partial charge in [-0.2, -0.15) is 0 Å². The quantitative estimate of drug-likeness (QED) is 0.826. The van der Waals surface area contributed by atoms with E-state index in [9.17, 15) is 8.78 Å². The van der Waals surface area contributed by atoms with Crippen LogP contribution < -0.4 is 10.5 Å². The van der Waals surface area contributed by atoms with Crippen LogP contribution in [-0.2, 0) is 0 Å². The second-order valence-corrected chi connectivity index (χ2v) is 4.01. The van der Waals surface area contributed by atoms with E-state index in [2.05, 4.69) is 0 Å². The van der Waals surface area contributed by atoms with Crippen LogP contribution in [0.2, 0.25) is 0 Å². The molecule has 0 unspecified atom stereocenters. The highest BCUT2D eigenvalue weighted by atomic mass is 19.1. The van der Waals surface area contributed by atoms with E-state index in [1.54, 1.807) is 19.1 Å². The molecule has 2 aromatic rings. The molecule has 0 heterocycles. The van der Waals surface area contributed by atoms with E-state index < -0.39 is 11.6 Å². The monoisotopic (exact) mass is 249 g/mol. The maximum absolute atomic E-state index is 14.0. The van der Waals surface area contributed by atoms with Crippen LogP contribution in [0.1, 0.15) is 5.56 Å². The molecule has 0 aliphatic rings. The molecular formula is C14H13F2NO. The Morgan fingerprint density at radius 1 is 1.11 bits per heavy atom. The zero-order chi connectivity index (χ0) is 13.3. The maximum atomic E-state index is 14.0. The molecule has 0 amide bonds. The fourth-order valence-electron chi connectivity index (χ4n) is 1.81. The minimum Gasteiger partial charge on any atom is -0.495 e. The Balaban J connectivity index is 2.62. The molecule has 2 aromatic carbocycles. The third-order valence-electron chi connectivity index (χ3n) is 2.80. The van der Waals surface area contributed by atoms with Crippen LogP contribution in [0.3, 0.4) is 0 Å². The van der Waals surface area contributed by atoms with Gasteiger partial charge in [0.15, 0.2) is 0 Å². The lowest BCUT2D eigenvalue weighted by atomic mass is 10.0. The van der Waals surface area contributed by atoms with Gasteiger partial charge in [0, 0.05) is 0 Å². The Morgan fingerprint density at radius 3 is 2.44 bits per heavy atom. The summed E-state index contributed by atoms with van der Waals surface area (Å²) >= 11 is 0. The SMILES string of the molecule is COc1ccc(-c2c(F)ccc(C)c2F)cc1N. The molecular weight excluding hydrogens is 236 g/mol. The van der Waals surface area contributed by atoms with Crippen LogP contribution in [0.25, 0.3) is 11.1 Å². The molecule has 2 rings (SSSR count). The van der Waals surface area contributed by atoms with Crippen LogP contribution in [0.4, 0.5) is 14.5 Å². The molecule has 0 atom stereocenters. The number of anilines is 1. The third kappa shape index (κ3) is 2.01. The van der Waals surface area contributed by atoms with Crippen molar-refractivity contribution in [1.29, 1.82) is 0 Å². The number of rotatable bonds is 2. The van der Waals surface area contributed by atoms with Gasteiger partial charge < -0.3 is 10.5 Å². The number of aryl methyl sites for hydroxylation is 1. The van der Waals surface area contributed by atoms with Gasteiger partial charge in [-0.3, -0.25) is 0 Å². The van der Waals surface area contributed by atoms with E-state index in [4.69, 9.17) is 10.5 Å². The summed E-state index contributed by atoms with van der Waals surface area (Å²) in [4.78, 5) is 0. The molecule has 0 radical (unpaired) electrons. The van der Waals surface area contributed by atoms with Gasteiger partial charge in [-0.1, -0.05) is 12.1 Å². The second-order valence-electron chi connectivity index (χ2n) is 4.01. The number of ether oxygens (including phenoxy) is 1. The van der Waals surface area contributed by atoms with E-state index in [1.165, 1.54) is 25.3 Å². The Bertz CT molecular complexity index is 597. The molecule has 0 aromatic heterocycles. The highest BCUT2D eigenvalue weighted by Crippen LogP contribution is 2.32. The lowest BCUT2D eigenvalue weighted by Crippen LogP contribution is -1.96. The molecule has 0 spiro atoms. The van der Waals surface area contributed by atoms with Crippen molar-refractivity contribution in [2.75, 3.05) is 12.8 Å². The van der Waals surface area contributed by atoms with E-state index in [0.717, 1.165) is 0 Å². The van der Waals surface area contributed by atoms with E-state index in [0.29, 0.717) is 22.6 Å². The molecule has 0 aliphatic heterocycles. The van der Waals surface area contributed by atoms with Gasteiger partial charge in [0.25, 0.3) is 0 Å². The van der Waals surface area contributed by atoms with Gasteiger partial charge >= 0.3 is 0 Å². The van der Waals surface area contributed by atoms with Gasteiger partial charge in [0.1, 0.15) is 17.4 Å². The van der Waals surface area contributed by atoms with Crippen molar-refractivity contribution >= 4 is 5.69 Å². The highest BCUT2D eigenvalue weighted by molar-refractivity contribution is 5.72. The van der Waals surface area contributed by atoms with Crippen LogP contribution in [0.5, 0.6) is 5.75 Å². The Morgan fingerprint density at radius 2 is 1.83 bits per heavy atom. The van der Waals surface area contributed by atoms with Crippen molar-refractivity contribution in [3.05, 3.63) is 47.5 Å². The van der Waals surface area contributed by atoms with Gasteiger partial charge in [0.2, 0.25) is 0 Å². The molecule has 4 heteroatoms. The molecule has 0 bridgehead atoms. The summed E-state index contributed by atoms with van der Waals surface area (Å²) in [5, 5.41) is 0. The zero-order valence-electron chi connectivity index (χ0n) is 10.1. The topological polar surface area (TPSA) is 35.2 Å². The average molecular weight is 249 g/mol. The predicted molar refractivity (Wildman–Crippen MR) is 67.5 cm³/mol. The molecule has 0 saturated heterocycles. The van der Waals surface area contributed by atoms with Gasteiger partial charge in [-0.15, -0.1) is 0 Å². The van der Waals surface area contributed by atoms with Crippen LogP contribution in [0, 0.1) is 18.6 Å². The van der Waals surface area contributed by atoms with E-state index in [-0.39, 0.29) is 5.56 Å². The first-order valence-corrected chi connectivity index (χ1v) is 5.43. The molecule has 18 heavy (non-hydrogen) atoms. The summed E-state index contributed by atoms with van der Waals surface area (Å²) in [6.45, 7) is 1.59. The molecule has 94 valence electrons. The average Bonchev–Trinajstić information content (AvgIpc) is 2.35.